The number of hydrogen-bond donors (Lipinski definition) is 2. The fourth-order valence-corrected chi connectivity index (χ4v) is 3.84. The Kier molecular flexibility index (Phi) is 6.06. The molecule has 1 aromatic carbocycles. The maximum absolute atomic E-state index is 12.0. The first-order valence-corrected chi connectivity index (χ1v) is 9.46. The number of anilines is 1. The monoisotopic (exact) mass is 355 g/mol. The van der Waals surface area contributed by atoms with Gasteiger partial charge in [-0.3, -0.25) is 9.47 Å². The minimum absolute atomic E-state index is 0.245. The van der Waals surface area contributed by atoms with Crippen molar-refractivity contribution in [3.05, 3.63) is 52.6 Å². The number of nitrogens with two attached hydrogens (primary N) is 1. The molecule has 0 saturated heterocycles. The van der Waals surface area contributed by atoms with Crippen molar-refractivity contribution in [2.45, 2.75) is 51.2 Å². The van der Waals surface area contributed by atoms with E-state index in [1.54, 1.807) is 12.3 Å². The average molecular weight is 355 g/mol. The van der Waals surface area contributed by atoms with Crippen LogP contribution >= 0.6 is 0 Å². The van der Waals surface area contributed by atoms with E-state index in [0.29, 0.717) is 12.1 Å². The Morgan fingerprint density at radius 1 is 1.19 bits per heavy atom. The van der Waals surface area contributed by atoms with Crippen molar-refractivity contribution in [2.24, 2.45) is 0 Å². The van der Waals surface area contributed by atoms with Gasteiger partial charge in [0.15, 0.2) is 0 Å². The number of nitrogen functional groups attached to an aromatic ring is 1. The van der Waals surface area contributed by atoms with Gasteiger partial charge in [-0.05, 0) is 63.0 Å². The molecule has 26 heavy (non-hydrogen) atoms. The first-order chi connectivity index (χ1) is 12.6. The molecule has 1 aliphatic rings. The Hall–Kier alpha value is -2.18. The summed E-state index contributed by atoms with van der Waals surface area (Å²) in [5.74, 6) is 0.245. The summed E-state index contributed by atoms with van der Waals surface area (Å²) in [6.45, 7) is 4.23. The predicted molar refractivity (Wildman–Crippen MR) is 105 cm³/mol. The van der Waals surface area contributed by atoms with Crippen LogP contribution in [-0.4, -0.2) is 40.1 Å². The molecule has 0 spiro atoms. The van der Waals surface area contributed by atoms with Gasteiger partial charge in [0, 0.05) is 24.8 Å². The molecular weight excluding hydrogens is 326 g/mol. The molecule has 140 valence electrons. The van der Waals surface area contributed by atoms with Crippen molar-refractivity contribution >= 4 is 5.82 Å². The number of nitrogens with zero attached hydrogens (tertiary/aromatic N) is 3. The largest absolute Gasteiger partial charge is 0.383 e. The van der Waals surface area contributed by atoms with Crippen molar-refractivity contribution in [3.63, 3.8) is 0 Å². The summed E-state index contributed by atoms with van der Waals surface area (Å²) in [4.78, 5) is 18.3. The molecule has 1 fully saturated rings. The van der Waals surface area contributed by atoms with Gasteiger partial charge in [0.2, 0.25) is 0 Å². The second kappa shape index (κ2) is 8.47. The van der Waals surface area contributed by atoms with Crippen LogP contribution in [0.15, 0.2) is 41.3 Å². The van der Waals surface area contributed by atoms with Crippen LogP contribution in [0.5, 0.6) is 0 Å². The third-order valence-electron chi connectivity index (χ3n) is 5.45. The molecule has 3 rings (SSSR count). The quantitative estimate of drug-likeness (QED) is 0.830. The SMILES string of the molecule is CCN(Cc1ccc(-n2ccc(N)nc2=O)cc1)C1CCC(NC)CC1. The Labute approximate surface area is 155 Å². The van der Waals surface area contributed by atoms with Gasteiger partial charge in [-0.15, -0.1) is 0 Å². The van der Waals surface area contributed by atoms with E-state index in [1.807, 2.05) is 12.1 Å². The van der Waals surface area contributed by atoms with Crippen molar-refractivity contribution in [1.29, 1.82) is 0 Å². The van der Waals surface area contributed by atoms with Crippen molar-refractivity contribution in [1.82, 2.24) is 19.8 Å². The minimum atomic E-state index is -0.353. The Morgan fingerprint density at radius 3 is 2.46 bits per heavy atom. The molecule has 1 saturated carbocycles. The lowest BCUT2D eigenvalue weighted by Crippen LogP contribution is -2.41. The summed E-state index contributed by atoms with van der Waals surface area (Å²) in [6.07, 6.45) is 6.68. The van der Waals surface area contributed by atoms with Crippen LogP contribution in [0.25, 0.3) is 5.69 Å². The summed E-state index contributed by atoms with van der Waals surface area (Å²) < 4.78 is 1.51. The zero-order valence-corrected chi connectivity index (χ0v) is 15.7. The van der Waals surface area contributed by atoms with Gasteiger partial charge in [0.1, 0.15) is 5.82 Å². The summed E-state index contributed by atoms with van der Waals surface area (Å²) in [5.41, 5.74) is 7.28. The highest BCUT2D eigenvalue weighted by Gasteiger charge is 2.24. The molecule has 0 aliphatic heterocycles. The molecule has 3 N–H and O–H groups in total. The molecule has 6 nitrogen and oxygen atoms in total. The van der Waals surface area contributed by atoms with Gasteiger partial charge in [0.05, 0.1) is 5.69 Å². The molecule has 0 unspecified atom stereocenters. The predicted octanol–water partition coefficient (Wildman–Crippen LogP) is 2.17. The normalized spacial score (nSPS) is 20.4. The topological polar surface area (TPSA) is 76.2 Å². The summed E-state index contributed by atoms with van der Waals surface area (Å²) in [6, 6.07) is 11.1. The zero-order valence-electron chi connectivity index (χ0n) is 15.7. The van der Waals surface area contributed by atoms with Gasteiger partial charge < -0.3 is 11.1 Å². The molecule has 2 aromatic rings. The maximum Gasteiger partial charge on any atom is 0.354 e. The maximum atomic E-state index is 12.0. The lowest BCUT2D eigenvalue weighted by Gasteiger charge is -2.36. The Balaban J connectivity index is 1.67. The first-order valence-electron chi connectivity index (χ1n) is 9.46. The molecule has 1 heterocycles. The number of rotatable bonds is 6. The van der Waals surface area contributed by atoms with Crippen molar-refractivity contribution in [3.8, 4) is 5.69 Å². The third-order valence-corrected chi connectivity index (χ3v) is 5.45. The molecule has 0 bridgehead atoms. The van der Waals surface area contributed by atoms with Gasteiger partial charge in [-0.2, -0.15) is 4.98 Å². The van der Waals surface area contributed by atoms with Crippen molar-refractivity contribution < 1.29 is 0 Å². The van der Waals surface area contributed by atoms with Crippen molar-refractivity contribution in [2.75, 3.05) is 19.3 Å². The van der Waals surface area contributed by atoms with Crippen LogP contribution in [0.3, 0.4) is 0 Å². The highest BCUT2D eigenvalue weighted by Crippen LogP contribution is 2.24. The molecule has 6 heteroatoms. The van der Waals surface area contributed by atoms with Gasteiger partial charge in [-0.1, -0.05) is 19.1 Å². The standard InChI is InChI=1S/C20H29N5O/c1-3-24(17-10-6-16(22-2)7-11-17)14-15-4-8-18(9-5-15)25-13-12-19(21)23-20(25)26/h4-5,8-9,12-13,16-17,22H,3,6-7,10-11,14H2,1-2H3,(H2,21,23,26). The summed E-state index contributed by atoms with van der Waals surface area (Å²) in [7, 11) is 2.06. The minimum Gasteiger partial charge on any atom is -0.383 e. The van der Waals surface area contributed by atoms with Crippen LogP contribution in [0.2, 0.25) is 0 Å². The van der Waals surface area contributed by atoms with E-state index in [2.05, 4.69) is 41.3 Å². The third kappa shape index (κ3) is 4.31. The smallest absolute Gasteiger partial charge is 0.354 e. The van der Waals surface area contributed by atoms with E-state index in [1.165, 1.54) is 35.8 Å². The Bertz CT molecular complexity index is 763. The van der Waals surface area contributed by atoms with Gasteiger partial charge in [0.25, 0.3) is 0 Å². The van der Waals surface area contributed by atoms with E-state index >= 15 is 0 Å². The van der Waals surface area contributed by atoms with Gasteiger partial charge in [-0.25, -0.2) is 4.79 Å². The molecule has 0 amide bonds. The second-order valence-electron chi connectivity index (χ2n) is 7.03. The lowest BCUT2D eigenvalue weighted by atomic mass is 9.90. The van der Waals surface area contributed by atoms with E-state index in [4.69, 9.17) is 5.73 Å². The highest BCUT2D eigenvalue weighted by molar-refractivity contribution is 5.36. The second-order valence-corrected chi connectivity index (χ2v) is 7.03. The van der Waals surface area contributed by atoms with Crippen LogP contribution in [0, 0.1) is 0 Å². The zero-order chi connectivity index (χ0) is 18.5. The number of benzene rings is 1. The van der Waals surface area contributed by atoms with Crippen LogP contribution in [-0.2, 0) is 6.54 Å². The summed E-state index contributed by atoms with van der Waals surface area (Å²) in [5, 5.41) is 3.40. The van der Waals surface area contributed by atoms with E-state index in [0.717, 1.165) is 18.8 Å². The molecule has 0 atom stereocenters. The van der Waals surface area contributed by atoms with Crippen LogP contribution in [0.4, 0.5) is 5.82 Å². The molecular formula is C20H29N5O. The molecule has 0 radical (unpaired) electrons. The molecule has 1 aliphatic carbocycles. The van der Waals surface area contributed by atoms with Crippen LogP contribution in [0.1, 0.15) is 38.2 Å². The van der Waals surface area contributed by atoms with E-state index < -0.39 is 0 Å². The fraction of sp³-hybridized carbons (Fsp3) is 0.500. The first kappa shape index (κ1) is 18.6. The fourth-order valence-electron chi connectivity index (χ4n) is 3.84. The average Bonchev–Trinajstić information content (AvgIpc) is 2.67. The van der Waals surface area contributed by atoms with Gasteiger partial charge >= 0.3 is 5.69 Å². The van der Waals surface area contributed by atoms with E-state index in [-0.39, 0.29) is 11.5 Å². The number of hydrogen-bond acceptors (Lipinski definition) is 5. The Morgan fingerprint density at radius 2 is 1.88 bits per heavy atom. The van der Waals surface area contributed by atoms with Crippen LogP contribution < -0.4 is 16.7 Å². The summed E-state index contributed by atoms with van der Waals surface area (Å²) >= 11 is 0. The lowest BCUT2D eigenvalue weighted by molar-refractivity contribution is 0.144. The van der Waals surface area contributed by atoms with E-state index in [9.17, 15) is 4.79 Å². The molecule has 1 aromatic heterocycles. The number of nitrogens with one attached hydrogen (secondary N) is 1. The highest BCUT2D eigenvalue weighted by atomic mass is 16.1. The number of aromatic nitrogens is 2.